The first-order valence-corrected chi connectivity index (χ1v) is 12.9. The van der Waals surface area contributed by atoms with Crippen molar-refractivity contribution in [1.82, 2.24) is 30.1 Å². The zero-order valence-corrected chi connectivity index (χ0v) is 20.7. The summed E-state index contributed by atoms with van der Waals surface area (Å²) in [6.45, 7) is 2.03. The van der Waals surface area contributed by atoms with Crippen LogP contribution in [0.5, 0.6) is 0 Å². The van der Waals surface area contributed by atoms with Crippen molar-refractivity contribution >= 4 is 44.9 Å². The van der Waals surface area contributed by atoms with E-state index in [1.807, 2.05) is 29.8 Å². The van der Waals surface area contributed by atoms with Gasteiger partial charge in [0.2, 0.25) is 5.91 Å². The molecule has 6 aromatic rings. The van der Waals surface area contributed by atoms with Gasteiger partial charge in [0.1, 0.15) is 17.0 Å². The van der Waals surface area contributed by atoms with Crippen LogP contribution in [0, 0.1) is 5.82 Å². The summed E-state index contributed by atoms with van der Waals surface area (Å²) in [6.07, 6.45) is 7.02. The number of aromatic nitrogens is 6. The van der Waals surface area contributed by atoms with Gasteiger partial charge in [-0.15, -0.1) is 0 Å². The minimum Gasteiger partial charge on any atom is -0.336 e. The Balaban J connectivity index is 1.41. The molecule has 5 heterocycles. The molecule has 8 nitrogen and oxygen atoms in total. The number of nitrogens with zero attached hydrogens (tertiary/aromatic N) is 4. The number of thiophene rings is 1. The van der Waals surface area contributed by atoms with Crippen molar-refractivity contribution in [3.63, 3.8) is 0 Å². The van der Waals surface area contributed by atoms with Crippen LogP contribution in [0.1, 0.15) is 26.2 Å². The molecule has 6 rings (SSSR count). The van der Waals surface area contributed by atoms with Crippen molar-refractivity contribution in [2.75, 3.05) is 5.32 Å². The fraction of sp³-hybridized carbons (Fsp3) is 0.148. The van der Waals surface area contributed by atoms with Crippen molar-refractivity contribution in [2.45, 2.75) is 26.2 Å². The number of fused-ring (bicyclic) bond motifs is 2. The van der Waals surface area contributed by atoms with Gasteiger partial charge >= 0.3 is 0 Å². The summed E-state index contributed by atoms with van der Waals surface area (Å²) in [6, 6.07) is 9.00. The van der Waals surface area contributed by atoms with Crippen LogP contribution in [0.4, 0.5) is 10.1 Å². The lowest BCUT2D eigenvalue weighted by Gasteiger charge is -2.08. The predicted molar refractivity (Wildman–Crippen MR) is 144 cm³/mol. The maximum atomic E-state index is 16.0. The van der Waals surface area contributed by atoms with E-state index < -0.39 is 5.82 Å². The zero-order valence-electron chi connectivity index (χ0n) is 19.9. The van der Waals surface area contributed by atoms with Crippen molar-refractivity contribution in [1.29, 1.82) is 0 Å². The van der Waals surface area contributed by atoms with Gasteiger partial charge in [0, 0.05) is 40.9 Å². The highest BCUT2D eigenvalue weighted by atomic mass is 32.1. The standard InChI is InChI=1S/C27H22FN7OS/c1-2-3-4-21(36)31-17-11-16(12-29-13-17)18-5-6-19-22(23(18)28)26(35-34-19)27-32-20-7-9-30-24(25(20)33-27)15-8-10-37-14-15/h5-14H,2-4H2,1H3,(H,31,36)(H,32,33)(H,34,35). The second-order valence-electron chi connectivity index (χ2n) is 8.69. The van der Waals surface area contributed by atoms with Crippen molar-refractivity contribution in [3.8, 4) is 33.9 Å². The van der Waals surface area contributed by atoms with E-state index in [0.717, 1.165) is 29.6 Å². The number of pyridine rings is 2. The number of nitrogens with one attached hydrogen (secondary N) is 3. The normalized spacial score (nSPS) is 11.4. The molecule has 0 spiro atoms. The summed E-state index contributed by atoms with van der Waals surface area (Å²) >= 11 is 1.59. The lowest BCUT2D eigenvalue weighted by molar-refractivity contribution is -0.116. The maximum Gasteiger partial charge on any atom is 0.224 e. The highest BCUT2D eigenvalue weighted by molar-refractivity contribution is 7.08. The molecule has 0 saturated carbocycles. The summed E-state index contributed by atoms with van der Waals surface area (Å²) in [5, 5.41) is 14.5. The molecule has 0 bridgehead atoms. The van der Waals surface area contributed by atoms with E-state index >= 15 is 4.39 Å². The van der Waals surface area contributed by atoms with Gasteiger partial charge < -0.3 is 10.3 Å². The summed E-state index contributed by atoms with van der Waals surface area (Å²) in [5.41, 5.74) is 5.56. The van der Waals surface area contributed by atoms with Gasteiger partial charge in [-0.25, -0.2) is 9.37 Å². The number of halogens is 1. The average Bonchev–Trinajstić information content (AvgIpc) is 3.67. The van der Waals surface area contributed by atoms with Crippen LogP contribution in [0.2, 0.25) is 0 Å². The number of rotatable bonds is 7. The van der Waals surface area contributed by atoms with Crippen LogP contribution in [-0.2, 0) is 4.79 Å². The number of H-pyrrole nitrogens is 2. The molecular formula is C27H22FN7OS. The Hall–Kier alpha value is -4.44. The predicted octanol–water partition coefficient (Wildman–Crippen LogP) is 6.56. The third-order valence-corrected chi connectivity index (χ3v) is 6.86. The molecule has 0 fully saturated rings. The molecule has 184 valence electrons. The summed E-state index contributed by atoms with van der Waals surface area (Å²) in [7, 11) is 0. The molecule has 1 amide bonds. The van der Waals surface area contributed by atoms with E-state index in [2.05, 4.69) is 30.5 Å². The van der Waals surface area contributed by atoms with Crippen molar-refractivity contribution in [2.24, 2.45) is 0 Å². The average molecular weight is 512 g/mol. The van der Waals surface area contributed by atoms with Crippen LogP contribution >= 0.6 is 11.3 Å². The lowest BCUT2D eigenvalue weighted by Crippen LogP contribution is -2.11. The number of benzene rings is 1. The number of anilines is 1. The van der Waals surface area contributed by atoms with Gasteiger partial charge in [-0.05, 0) is 42.1 Å². The number of hydrogen-bond donors (Lipinski definition) is 3. The molecule has 0 unspecified atom stereocenters. The van der Waals surface area contributed by atoms with Gasteiger partial charge in [0.25, 0.3) is 0 Å². The number of carbonyl (C=O) groups is 1. The fourth-order valence-corrected chi connectivity index (χ4v) is 4.98. The molecule has 0 aliphatic heterocycles. The number of carbonyl (C=O) groups excluding carboxylic acids is 1. The van der Waals surface area contributed by atoms with Crippen LogP contribution in [0.3, 0.4) is 0 Å². The SMILES string of the molecule is CCCCC(=O)Nc1cncc(-c2ccc3[nH]nc(-c4nc5c(-c6ccsc6)nccc5[nH]4)c3c2F)c1. The molecule has 0 aliphatic rings. The number of unbranched alkanes of at least 4 members (excludes halogenated alkanes) is 1. The van der Waals surface area contributed by atoms with Crippen LogP contribution in [-0.4, -0.2) is 36.0 Å². The third-order valence-electron chi connectivity index (χ3n) is 6.18. The molecular weight excluding hydrogens is 489 g/mol. The minimum absolute atomic E-state index is 0.0879. The van der Waals surface area contributed by atoms with Gasteiger partial charge in [-0.2, -0.15) is 16.4 Å². The number of aromatic amines is 2. The molecule has 3 N–H and O–H groups in total. The van der Waals surface area contributed by atoms with E-state index in [1.165, 1.54) is 0 Å². The fourth-order valence-electron chi connectivity index (χ4n) is 4.34. The Morgan fingerprint density at radius 2 is 2.03 bits per heavy atom. The summed E-state index contributed by atoms with van der Waals surface area (Å²) in [4.78, 5) is 28.9. The third kappa shape index (κ3) is 4.25. The van der Waals surface area contributed by atoms with E-state index in [1.54, 1.807) is 48.1 Å². The molecule has 10 heteroatoms. The monoisotopic (exact) mass is 511 g/mol. The van der Waals surface area contributed by atoms with Crippen molar-refractivity contribution in [3.05, 3.63) is 65.5 Å². The first-order valence-electron chi connectivity index (χ1n) is 11.9. The molecule has 0 radical (unpaired) electrons. The minimum atomic E-state index is -0.450. The van der Waals surface area contributed by atoms with Crippen molar-refractivity contribution < 1.29 is 9.18 Å². The second kappa shape index (κ2) is 9.55. The number of amides is 1. The van der Waals surface area contributed by atoms with E-state index in [-0.39, 0.29) is 5.91 Å². The summed E-state index contributed by atoms with van der Waals surface area (Å²) in [5.74, 6) is -0.0963. The largest absolute Gasteiger partial charge is 0.336 e. The Kier molecular flexibility index (Phi) is 5.93. The highest BCUT2D eigenvalue weighted by Gasteiger charge is 2.21. The van der Waals surface area contributed by atoms with Crippen LogP contribution < -0.4 is 5.32 Å². The number of imidazole rings is 1. The lowest BCUT2D eigenvalue weighted by atomic mass is 10.0. The highest BCUT2D eigenvalue weighted by Crippen LogP contribution is 2.35. The number of hydrogen-bond acceptors (Lipinski definition) is 6. The molecule has 0 atom stereocenters. The first-order chi connectivity index (χ1) is 18.1. The molecule has 1 aromatic carbocycles. The van der Waals surface area contributed by atoms with E-state index in [0.29, 0.717) is 51.2 Å². The zero-order chi connectivity index (χ0) is 25.4. The molecule has 0 aliphatic carbocycles. The maximum absolute atomic E-state index is 16.0. The van der Waals surface area contributed by atoms with Gasteiger partial charge in [0.05, 0.1) is 34.0 Å². The second-order valence-corrected chi connectivity index (χ2v) is 9.47. The molecule has 0 saturated heterocycles. The Morgan fingerprint density at radius 1 is 1.11 bits per heavy atom. The first kappa shape index (κ1) is 23.0. The van der Waals surface area contributed by atoms with E-state index in [4.69, 9.17) is 4.98 Å². The van der Waals surface area contributed by atoms with Crippen LogP contribution in [0.25, 0.3) is 55.8 Å². The summed E-state index contributed by atoms with van der Waals surface area (Å²) < 4.78 is 16.0. The van der Waals surface area contributed by atoms with Gasteiger partial charge in [-0.1, -0.05) is 13.3 Å². The van der Waals surface area contributed by atoms with Gasteiger partial charge in [0.15, 0.2) is 5.82 Å². The Labute approximate surface area is 215 Å². The quantitative estimate of drug-likeness (QED) is 0.225. The topological polar surface area (TPSA) is 112 Å². The smallest absolute Gasteiger partial charge is 0.224 e. The van der Waals surface area contributed by atoms with E-state index in [9.17, 15) is 4.79 Å². The van der Waals surface area contributed by atoms with Gasteiger partial charge in [-0.3, -0.25) is 19.9 Å². The Bertz CT molecular complexity index is 1740. The van der Waals surface area contributed by atoms with Crippen LogP contribution in [0.15, 0.2) is 59.7 Å². The molecule has 37 heavy (non-hydrogen) atoms. The Morgan fingerprint density at radius 3 is 2.86 bits per heavy atom. The molecule has 5 aromatic heterocycles.